The van der Waals surface area contributed by atoms with Crippen LogP contribution in [0.5, 0.6) is 0 Å². The van der Waals surface area contributed by atoms with Crippen LogP contribution in [-0.4, -0.2) is 25.7 Å². The summed E-state index contributed by atoms with van der Waals surface area (Å²) in [4.78, 5) is 1.88. The fourth-order valence-corrected chi connectivity index (χ4v) is 2.49. The van der Waals surface area contributed by atoms with Crippen LogP contribution in [-0.2, 0) is 6.18 Å². The van der Waals surface area contributed by atoms with E-state index in [1.165, 1.54) is 6.07 Å². The first-order valence-corrected chi connectivity index (χ1v) is 6.94. The summed E-state index contributed by atoms with van der Waals surface area (Å²) in [7, 11) is 0. The second-order valence-corrected chi connectivity index (χ2v) is 6.48. The minimum Gasteiger partial charge on any atom is -0.369 e. The predicted molar refractivity (Wildman–Crippen MR) is 74.9 cm³/mol. The first kappa shape index (κ1) is 16.1. The van der Waals surface area contributed by atoms with Crippen LogP contribution in [0.1, 0.15) is 26.3 Å². The van der Waals surface area contributed by atoms with Gasteiger partial charge in [-0.2, -0.15) is 13.2 Å². The average molecular weight is 304 g/mol. The molecule has 2 rings (SSSR count). The third kappa shape index (κ3) is 3.67. The highest BCUT2D eigenvalue weighted by Crippen LogP contribution is 2.34. The van der Waals surface area contributed by atoms with Gasteiger partial charge in [-0.3, -0.25) is 0 Å². The highest BCUT2D eigenvalue weighted by Gasteiger charge is 2.35. The zero-order valence-corrected chi connectivity index (χ0v) is 12.4. The van der Waals surface area contributed by atoms with Gasteiger partial charge in [0.05, 0.1) is 5.56 Å². The second-order valence-electron chi connectivity index (χ2n) is 6.48. The Morgan fingerprint density at radius 1 is 1.19 bits per heavy atom. The number of hydrogen-bond acceptors (Lipinski definition) is 2. The molecule has 0 aliphatic carbocycles. The lowest BCUT2D eigenvalue weighted by Gasteiger charge is -2.41. The lowest BCUT2D eigenvalue weighted by Crippen LogP contribution is -2.56. The van der Waals surface area contributed by atoms with Crippen molar-refractivity contribution in [3.63, 3.8) is 0 Å². The maximum atomic E-state index is 13.3. The Kier molecular flexibility index (Phi) is 4.19. The van der Waals surface area contributed by atoms with Crippen LogP contribution < -0.4 is 10.2 Å². The highest BCUT2D eigenvalue weighted by atomic mass is 19.4. The molecular formula is C15H20F4N2. The van der Waals surface area contributed by atoms with Gasteiger partial charge in [0, 0.05) is 31.4 Å². The van der Waals surface area contributed by atoms with Crippen molar-refractivity contribution < 1.29 is 17.6 Å². The molecule has 118 valence electrons. The van der Waals surface area contributed by atoms with Gasteiger partial charge in [0.1, 0.15) is 5.82 Å². The molecule has 1 saturated heterocycles. The number of halogens is 4. The van der Waals surface area contributed by atoms with Crippen molar-refractivity contribution in [1.29, 1.82) is 0 Å². The summed E-state index contributed by atoms with van der Waals surface area (Å²) in [6.45, 7) is 8.16. The van der Waals surface area contributed by atoms with Crippen molar-refractivity contribution in [1.82, 2.24) is 5.32 Å². The summed E-state index contributed by atoms with van der Waals surface area (Å²) >= 11 is 0. The molecule has 0 spiro atoms. The fourth-order valence-electron chi connectivity index (χ4n) is 2.49. The number of hydrogen-bond donors (Lipinski definition) is 1. The molecule has 0 saturated carbocycles. The maximum absolute atomic E-state index is 13.3. The van der Waals surface area contributed by atoms with Gasteiger partial charge in [0.25, 0.3) is 0 Å². The lowest BCUT2D eigenvalue weighted by atomic mass is 9.85. The molecule has 2 nitrogen and oxygen atoms in total. The molecule has 1 aromatic rings. The van der Waals surface area contributed by atoms with E-state index in [4.69, 9.17) is 0 Å². The molecule has 0 amide bonds. The van der Waals surface area contributed by atoms with Gasteiger partial charge in [0.2, 0.25) is 0 Å². The topological polar surface area (TPSA) is 15.3 Å². The number of benzene rings is 1. The van der Waals surface area contributed by atoms with Crippen LogP contribution in [0.2, 0.25) is 0 Å². The van der Waals surface area contributed by atoms with Gasteiger partial charge in [-0.1, -0.05) is 20.8 Å². The summed E-state index contributed by atoms with van der Waals surface area (Å²) in [6, 6.07) is 3.38. The summed E-state index contributed by atoms with van der Waals surface area (Å²) in [5.74, 6) is -1.23. The minimum absolute atomic E-state index is 0.00551. The van der Waals surface area contributed by atoms with Crippen LogP contribution in [0, 0.1) is 11.2 Å². The van der Waals surface area contributed by atoms with E-state index < -0.39 is 17.6 Å². The largest absolute Gasteiger partial charge is 0.419 e. The molecule has 6 heteroatoms. The Morgan fingerprint density at radius 3 is 2.43 bits per heavy atom. The molecule has 1 fully saturated rings. The van der Waals surface area contributed by atoms with E-state index in [9.17, 15) is 17.6 Å². The molecule has 1 aromatic carbocycles. The van der Waals surface area contributed by atoms with Gasteiger partial charge >= 0.3 is 6.18 Å². The zero-order valence-electron chi connectivity index (χ0n) is 12.4. The third-order valence-electron chi connectivity index (χ3n) is 3.84. The molecule has 0 aromatic heterocycles. The van der Waals surface area contributed by atoms with Crippen LogP contribution in [0.3, 0.4) is 0 Å². The van der Waals surface area contributed by atoms with Crippen molar-refractivity contribution in [2.75, 3.05) is 24.5 Å². The number of nitrogens with one attached hydrogen (secondary N) is 1. The Hall–Kier alpha value is -1.30. The standard InChI is InChI=1S/C15H20F4N2/c1-14(2,3)13-9-21(7-6-20-13)10-4-5-12(16)11(8-10)15(17,18)19/h4-5,8,13,20H,6-7,9H2,1-3H3. The normalized spacial score (nSPS) is 20.7. The Bertz CT molecular complexity index is 505. The summed E-state index contributed by atoms with van der Waals surface area (Å²) < 4.78 is 51.7. The number of nitrogens with zero attached hydrogens (tertiary/aromatic N) is 1. The van der Waals surface area contributed by atoms with Crippen molar-refractivity contribution >= 4 is 5.69 Å². The van der Waals surface area contributed by atoms with E-state index in [-0.39, 0.29) is 11.5 Å². The van der Waals surface area contributed by atoms with E-state index >= 15 is 0 Å². The minimum atomic E-state index is -4.67. The van der Waals surface area contributed by atoms with Crippen LogP contribution in [0.15, 0.2) is 18.2 Å². The van der Waals surface area contributed by atoms with Gasteiger partial charge in [-0.05, 0) is 23.6 Å². The van der Waals surface area contributed by atoms with E-state index in [0.29, 0.717) is 25.3 Å². The zero-order chi connectivity index (χ0) is 15.8. The van der Waals surface area contributed by atoms with Gasteiger partial charge in [-0.25, -0.2) is 4.39 Å². The molecule has 21 heavy (non-hydrogen) atoms. The summed E-state index contributed by atoms with van der Waals surface area (Å²) in [5, 5.41) is 3.38. The molecule has 0 radical (unpaired) electrons. The Morgan fingerprint density at radius 2 is 1.86 bits per heavy atom. The molecular weight excluding hydrogens is 284 g/mol. The van der Waals surface area contributed by atoms with E-state index in [0.717, 1.165) is 12.1 Å². The Balaban J connectivity index is 2.26. The predicted octanol–water partition coefficient (Wildman–Crippen LogP) is 3.67. The number of anilines is 1. The molecule has 1 atom stereocenters. The molecule has 1 heterocycles. The average Bonchev–Trinajstić information content (AvgIpc) is 2.37. The quantitative estimate of drug-likeness (QED) is 0.796. The van der Waals surface area contributed by atoms with E-state index in [2.05, 4.69) is 26.1 Å². The van der Waals surface area contributed by atoms with Crippen LogP contribution in [0.25, 0.3) is 0 Å². The van der Waals surface area contributed by atoms with Crippen molar-refractivity contribution in [2.24, 2.45) is 5.41 Å². The van der Waals surface area contributed by atoms with Gasteiger partial charge in [-0.15, -0.1) is 0 Å². The lowest BCUT2D eigenvalue weighted by molar-refractivity contribution is -0.139. The summed E-state index contributed by atoms with van der Waals surface area (Å²) in [6.07, 6.45) is -4.67. The monoisotopic (exact) mass is 304 g/mol. The number of alkyl halides is 3. The van der Waals surface area contributed by atoms with Gasteiger partial charge in [0.15, 0.2) is 0 Å². The second kappa shape index (κ2) is 5.48. The van der Waals surface area contributed by atoms with Crippen LogP contribution in [0.4, 0.5) is 23.2 Å². The van der Waals surface area contributed by atoms with Crippen molar-refractivity contribution in [3.05, 3.63) is 29.6 Å². The van der Waals surface area contributed by atoms with Crippen molar-refractivity contribution in [3.8, 4) is 0 Å². The summed E-state index contributed by atoms with van der Waals surface area (Å²) in [5.41, 5.74) is -0.781. The smallest absolute Gasteiger partial charge is 0.369 e. The first-order chi connectivity index (χ1) is 9.59. The SMILES string of the molecule is CC(C)(C)C1CN(c2ccc(F)c(C(F)(F)F)c2)CCN1. The molecule has 0 bridgehead atoms. The maximum Gasteiger partial charge on any atom is 0.419 e. The van der Waals surface area contributed by atoms with Gasteiger partial charge < -0.3 is 10.2 Å². The number of rotatable bonds is 1. The van der Waals surface area contributed by atoms with Crippen LogP contribution >= 0.6 is 0 Å². The Labute approximate surface area is 122 Å². The molecule has 1 N–H and O–H groups in total. The van der Waals surface area contributed by atoms with Crippen molar-refractivity contribution in [2.45, 2.75) is 33.0 Å². The first-order valence-electron chi connectivity index (χ1n) is 6.94. The highest BCUT2D eigenvalue weighted by molar-refractivity contribution is 5.50. The fraction of sp³-hybridized carbons (Fsp3) is 0.600. The molecule has 1 aliphatic heterocycles. The van der Waals surface area contributed by atoms with E-state index in [1.807, 2.05) is 4.90 Å². The number of piperazine rings is 1. The van der Waals surface area contributed by atoms with E-state index in [1.54, 1.807) is 0 Å². The molecule has 1 aliphatic rings. The molecule has 1 unspecified atom stereocenters. The third-order valence-corrected chi connectivity index (χ3v) is 3.84.